The normalized spacial score (nSPS) is 14.5. The van der Waals surface area contributed by atoms with Crippen molar-refractivity contribution in [1.82, 2.24) is 0 Å². The van der Waals surface area contributed by atoms with Crippen molar-refractivity contribution in [2.45, 2.75) is 41.5 Å². The average molecular weight is 183 g/mol. The SMILES string of the molecule is CC(C)(C)C(=O)/C=C(\[O-])C(C)(C)C. The number of hydrogen-bond donors (Lipinski definition) is 0. The van der Waals surface area contributed by atoms with Crippen molar-refractivity contribution in [2.24, 2.45) is 10.8 Å². The summed E-state index contributed by atoms with van der Waals surface area (Å²) in [5, 5.41) is 11.4. The Morgan fingerprint density at radius 2 is 1.38 bits per heavy atom. The number of hydrogen-bond acceptors (Lipinski definition) is 2. The lowest BCUT2D eigenvalue weighted by molar-refractivity contribution is -0.322. The Bertz CT molecular complexity index is 223. The topological polar surface area (TPSA) is 40.1 Å². The number of allylic oxidation sites excluding steroid dienone is 2. The molecule has 0 radical (unpaired) electrons. The first-order chi connectivity index (χ1) is 5.55. The quantitative estimate of drug-likeness (QED) is 0.460. The lowest BCUT2D eigenvalue weighted by atomic mass is 9.87. The van der Waals surface area contributed by atoms with Gasteiger partial charge in [0.2, 0.25) is 0 Å². The van der Waals surface area contributed by atoms with Crippen LogP contribution in [0.1, 0.15) is 41.5 Å². The Labute approximate surface area is 80.7 Å². The van der Waals surface area contributed by atoms with Gasteiger partial charge in [-0.05, 0) is 11.5 Å². The lowest BCUT2D eigenvalue weighted by Crippen LogP contribution is -2.25. The Kier molecular flexibility index (Phi) is 3.31. The molecule has 0 amide bonds. The molecule has 0 unspecified atom stereocenters. The number of carbonyl (C=O) groups excluding carboxylic acids is 1. The first-order valence-corrected chi connectivity index (χ1v) is 4.49. The summed E-state index contributed by atoms with van der Waals surface area (Å²) in [7, 11) is 0. The molecule has 0 atom stereocenters. The summed E-state index contributed by atoms with van der Waals surface area (Å²) in [4.78, 5) is 11.4. The highest BCUT2D eigenvalue weighted by molar-refractivity contribution is 5.94. The summed E-state index contributed by atoms with van der Waals surface area (Å²) < 4.78 is 0. The van der Waals surface area contributed by atoms with Crippen LogP contribution in [0.4, 0.5) is 0 Å². The van der Waals surface area contributed by atoms with Crippen LogP contribution in [0.15, 0.2) is 11.8 Å². The summed E-state index contributed by atoms with van der Waals surface area (Å²) in [5.74, 6) is -0.208. The second-order valence-corrected chi connectivity index (χ2v) is 5.37. The molecule has 0 saturated carbocycles. The van der Waals surface area contributed by atoms with Gasteiger partial charge < -0.3 is 5.11 Å². The van der Waals surface area contributed by atoms with Gasteiger partial charge in [0, 0.05) is 5.41 Å². The molecule has 0 aromatic heterocycles. The van der Waals surface area contributed by atoms with Crippen molar-refractivity contribution in [3.05, 3.63) is 11.8 Å². The van der Waals surface area contributed by atoms with E-state index >= 15 is 0 Å². The molecule has 0 rings (SSSR count). The maximum atomic E-state index is 11.4. The number of rotatable bonds is 1. The second-order valence-electron chi connectivity index (χ2n) is 5.37. The summed E-state index contributed by atoms with van der Waals surface area (Å²) in [5.41, 5.74) is -0.915. The van der Waals surface area contributed by atoms with E-state index in [0.717, 1.165) is 0 Å². The molecule has 0 aromatic rings. The van der Waals surface area contributed by atoms with Crippen LogP contribution in [0, 0.1) is 10.8 Å². The maximum Gasteiger partial charge on any atom is 0.160 e. The molecule has 13 heavy (non-hydrogen) atoms. The van der Waals surface area contributed by atoms with Crippen LogP contribution >= 0.6 is 0 Å². The Morgan fingerprint density at radius 3 is 1.62 bits per heavy atom. The van der Waals surface area contributed by atoms with Gasteiger partial charge in [-0.2, -0.15) is 0 Å². The van der Waals surface area contributed by atoms with Crippen molar-refractivity contribution in [3.8, 4) is 0 Å². The van der Waals surface area contributed by atoms with Gasteiger partial charge in [-0.15, -0.1) is 5.76 Å². The minimum atomic E-state index is -0.457. The van der Waals surface area contributed by atoms with Crippen LogP contribution in [0.2, 0.25) is 0 Å². The van der Waals surface area contributed by atoms with E-state index in [4.69, 9.17) is 0 Å². The van der Waals surface area contributed by atoms with E-state index in [1.165, 1.54) is 6.08 Å². The molecule has 0 heterocycles. The smallest absolute Gasteiger partial charge is 0.160 e. The summed E-state index contributed by atoms with van der Waals surface area (Å²) in [6, 6.07) is 0. The minimum Gasteiger partial charge on any atom is -0.875 e. The maximum absolute atomic E-state index is 11.4. The highest BCUT2D eigenvalue weighted by atomic mass is 16.3. The molecular weight excluding hydrogens is 164 g/mol. The van der Waals surface area contributed by atoms with Crippen LogP contribution in [-0.4, -0.2) is 5.78 Å². The summed E-state index contributed by atoms with van der Waals surface area (Å²) >= 11 is 0. The van der Waals surface area contributed by atoms with Gasteiger partial charge in [-0.25, -0.2) is 0 Å². The van der Waals surface area contributed by atoms with Crippen LogP contribution in [-0.2, 0) is 4.79 Å². The fraction of sp³-hybridized carbons (Fsp3) is 0.727. The predicted octanol–water partition coefficient (Wildman–Crippen LogP) is 1.89. The van der Waals surface area contributed by atoms with Crippen molar-refractivity contribution >= 4 is 5.78 Å². The molecule has 76 valence electrons. The zero-order chi connectivity index (χ0) is 10.9. The zero-order valence-electron chi connectivity index (χ0n) is 9.39. The fourth-order valence-corrected chi connectivity index (χ4v) is 0.552. The number of ketones is 1. The van der Waals surface area contributed by atoms with Crippen LogP contribution in [0.25, 0.3) is 0 Å². The second kappa shape index (κ2) is 3.52. The molecular formula is C11H19O2-. The lowest BCUT2D eigenvalue weighted by Gasteiger charge is -2.28. The molecule has 0 N–H and O–H groups in total. The highest BCUT2D eigenvalue weighted by Crippen LogP contribution is 2.23. The molecule has 0 aliphatic rings. The highest BCUT2D eigenvalue weighted by Gasteiger charge is 2.19. The Hall–Kier alpha value is -0.790. The van der Waals surface area contributed by atoms with Crippen LogP contribution in [0.3, 0.4) is 0 Å². The van der Waals surface area contributed by atoms with Crippen molar-refractivity contribution in [3.63, 3.8) is 0 Å². The van der Waals surface area contributed by atoms with E-state index in [9.17, 15) is 9.90 Å². The van der Waals surface area contributed by atoms with E-state index in [1.54, 1.807) is 0 Å². The molecule has 0 aliphatic heterocycles. The largest absolute Gasteiger partial charge is 0.875 e. The molecule has 0 bridgehead atoms. The van der Waals surface area contributed by atoms with Gasteiger partial charge in [0.05, 0.1) is 0 Å². The first kappa shape index (κ1) is 12.2. The molecule has 0 saturated heterocycles. The summed E-state index contributed by atoms with van der Waals surface area (Å²) in [6.45, 7) is 10.8. The monoisotopic (exact) mass is 183 g/mol. The molecule has 0 spiro atoms. The predicted molar refractivity (Wildman–Crippen MR) is 52.0 cm³/mol. The molecule has 0 aromatic carbocycles. The number of carbonyl (C=O) groups is 1. The molecule has 2 heteroatoms. The van der Waals surface area contributed by atoms with Crippen molar-refractivity contribution in [2.75, 3.05) is 0 Å². The van der Waals surface area contributed by atoms with Gasteiger partial charge >= 0.3 is 0 Å². The summed E-state index contributed by atoms with van der Waals surface area (Å²) in [6.07, 6.45) is 1.22. The van der Waals surface area contributed by atoms with E-state index in [2.05, 4.69) is 0 Å². The third-order valence-corrected chi connectivity index (χ3v) is 1.74. The Morgan fingerprint density at radius 1 is 1.00 bits per heavy atom. The van der Waals surface area contributed by atoms with Gasteiger partial charge in [-0.3, -0.25) is 4.79 Å². The minimum absolute atomic E-state index is 0.104. The van der Waals surface area contributed by atoms with E-state index < -0.39 is 10.8 Å². The van der Waals surface area contributed by atoms with Crippen LogP contribution < -0.4 is 5.11 Å². The standard InChI is InChI=1S/C11H20O2/c1-10(2,3)8(12)7-9(13)11(4,5)6/h7,12H,1-6H3/p-1/b8-7-. The van der Waals surface area contributed by atoms with E-state index in [-0.39, 0.29) is 11.5 Å². The third kappa shape index (κ3) is 4.11. The van der Waals surface area contributed by atoms with Crippen molar-refractivity contribution in [1.29, 1.82) is 0 Å². The fourth-order valence-electron chi connectivity index (χ4n) is 0.552. The zero-order valence-corrected chi connectivity index (χ0v) is 9.39. The van der Waals surface area contributed by atoms with Gasteiger partial charge in [0.25, 0.3) is 0 Å². The van der Waals surface area contributed by atoms with Crippen LogP contribution in [0.5, 0.6) is 0 Å². The van der Waals surface area contributed by atoms with Gasteiger partial charge in [0.15, 0.2) is 5.78 Å². The molecule has 2 nitrogen and oxygen atoms in total. The first-order valence-electron chi connectivity index (χ1n) is 4.49. The van der Waals surface area contributed by atoms with E-state index in [1.807, 2.05) is 41.5 Å². The van der Waals surface area contributed by atoms with Crippen molar-refractivity contribution < 1.29 is 9.90 Å². The average Bonchev–Trinajstić information content (AvgIpc) is 1.82. The third-order valence-electron chi connectivity index (χ3n) is 1.74. The Balaban J connectivity index is 4.70. The van der Waals surface area contributed by atoms with Gasteiger partial charge in [-0.1, -0.05) is 41.5 Å². The van der Waals surface area contributed by atoms with Gasteiger partial charge in [0.1, 0.15) is 0 Å². The van der Waals surface area contributed by atoms with E-state index in [0.29, 0.717) is 0 Å². The molecule has 0 aliphatic carbocycles. The molecule has 0 fully saturated rings.